The first-order valence-electron chi connectivity index (χ1n) is 13.9. The third-order valence-electron chi connectivity index (χ3n) is 7.92. The van der Waals surface area contributed by atoms with E-state index >= 15 is 0 Å². The number of hydrogen-bond donors (Lipinski definition) is 0. The van der Waals surface area contributed by atoms with Crippen LogP contribution in [-0.2, 0) is 0 Å². The van der Waals surface area contributed by atoms with Gasteiger partial charge in [-0.25, -0.2) is 0 Å². The highest BCUT2D eigenvalue weighted by Crippen LogP contribution is 2.27. The van der Waals surface area contributed by atoms with Gasteiger partial charge in [-0.2, -0.15) is 0 Å². The lowest BCUT2D eigenvalue weighted by atomic mass is 9.89. The van der Waals surface area contributed by atoms with Gasteiger partial charge in [-0.15, -0.1) is 0 Å². The molecular formula is C28H54. The average molecular weight is 391 g/mol. The second-order valence-corrected chi connectivity index (χ2v) is 10.5. The lowest BCUT2D eigenvalue weighted by molar-refractivity contribution is 0.360. The molecule has 28 heavy (non-hydrogen) atoms. The molecule has 2 atom stereocenters. The molecule has 0 nitrogen and oxygen atoms in total. The fourth-order valence-corrected chi connectivity index (χ4v) is 5.94. The summed E-state index contributed by atoms with van der Waals surface area (Å²) in [5.74, 6) is 2.12. The zero-order valence-electron chi connectivity index (χ0n) is 19.5. The van der Waals surface area contributed by atoms with E-state index in [-0.39, 0.29) is 0 Å². The van der Waals surface area contributed by atoms with Crippen LogP contribution < -0.4 is 0 Å². The topological polar surface area (TPSA) is 0 Å². The van der Waals surface area contributed by atoms with Crippen molar-refractivity contribution < 1.29 is 0 Å². The standard InChI is InChI=1S/C28H54/c1-2-4-9-15-21-27-23-17-11-6-7-12-18-24-28(22-16-10-5-3-1)26-20-14-8-13-19-25-27/h27-28H,1-26H2. The summed E-state index contributed by atoms with van der Waals surface area (Å²) in [6.45, 7) is 0. The van der Waals surface area contributed by atoms with Crippen molar-refractivity contribution in [2.45, 2.75) is 167 Å². The molecule has 166 valence electrons. The van der Waals surface area contributed by atoms with E-state index in [0.29, 0.717) is 0 Å². The van der Waals surface area contributed by atoms with Gasteiger partial charge in [-0.05, 0) is 11.8 Å². The minimum atomic E-state index is 1.06. The molecule has 0 aliphatic heterocycles. The zero-order valence-corrected chi connectivity index (χ0v) is 19.5. The van der Waals surface area contributed by atoms with E-state index in [9.17, 15) is 0 Å². The van der Waals surface area contributed by atoms with Gasteiger partial charge in [0.15, 0.2) is 0 Å². The number of rotatable bonds is 0. The highest BCUT2D eigenvalue weighted by atomic mass is 14.2. The minimum absolute atomic E-state index is 1.06. The average Bonchev–Trinajstić information content (AvgIpc) is 2.70. The summed E-state index contributed by atoms with van der Waals surface area (Å²) in [4.78, 5) is 0. The van der Waals surface area contributed by atoms with Gasteiger partial charge in [0.2, 0.25) is 0 Å². The van der Waals surface area contributed by atoms with Gasteiger partial charge in [-0.3, -0.25) is 0 Å². The molecule has 2 rings (SSSR count). The molecule has 0 aromatic carbocycles. The maximum absolute atomic E-state index is 1.54. The third kappa shape index (κ3) is 13.3. The second kappa shape index (κ2) is 17.8. The maximum Gasteiger partial charge on any atom is -0.0414 e. The van der Waals surface area contributed by atoms with Crippen molar-refractivity contribution in [2.75, 3.05) is 0 Å². The van der Waals surface area contributed by atoms with E-state index in [2.05, 4.69) is 0 Å². The lowest BCUT2D eigenvalue weighted by Crippen LogP contribution is -2.02. The monoisotopic (exact) mass is 390 g/mol. The molecule has 0 N–H and O–H groups in total. The Morgan fingerprint density at radius 1 is 0.179 bits per heavy atom. The molecule has 2 aliphatic carbocycles. The highest BCUT2D eigenvalue weighted by Gasteiger charge is 2.11. The summed E-state index contributed by atoms with van der Waals surface area (Å²) < 4.78 is 0. The van der Waals surface area contributed by atoms with Crippen molar-refractivity contribution in [2.24, 2.45) is 11.8 Å². The van der Waals surface area contributed by atoms with Crippen LogP contribution in [0.4, 0.5) is 0 Å². The van der Waals surface area contributed by atoms with Gasteiger partial charge in [0.05, 0.1) is 0 Å². The minimum Gasteiger partial charge on any atom is -0.0533 e. The molecule has 0 radical (unpaired) electrons. The van der Waals surface area contributed by atoms with Gasteiger partial charge in [0.25, 0.3) is 0 Å². The van der Waals surface area contributed by atoms with Crippen molar-refractivity contribution in [1.82, 2.24) is 0 Å². The predicted octanol–water partition coefficient (Wildman–Crippen LogP) is 10.4. The Balaban J connectivity index is 1.85. The quantitative estimate of drug-likeness (QED) is 0.386. The fraction of sp³-hybridized carbons (Fsp3) is 1.00. The van der Waals surface area contributed by atoms with Crippen LogP contribution in [0.5, 0.6) is 0 Å². The smallest absolute Gasteiger partial charge is 0.0414 e. The first-order valence-corrected chi connectivity index (χ1v) is 13.9. The summed E-state index contributed by atoms with van der Waals surface area (Å²) in [5.41, 5.74) is 0. The Kier molecular flexibility index (Phi) is 15.5. The maximum atomic E-state index is 1.54. The Morgan fingerprint density at radius 2 is 0.321 bits per heavy atom. The van der Waals surface area contributed by atoms with E-state index in [1.807, 2.05) is 0 Å². The van der Waals surface area contributed by atoms with Crippen LogP contribution >= 0.6 is 0 Å². The molecule has 0 aromatic rings. The molecule has 0 amide bonds. The molecule has 2 aliphatic rings. The Bertz CT molecular complexity index is 290. The van der Waals surface area contributed by atoms with Crippen molar-refractivity contribution in [3.8, 4) is 0 Å². The van der Waals surface area contributed by atoms with Crippen molar-refractivity contribution in [3.05, 3.63) is 0 Å². The lowest BCUT2D eigenvalue weighted by Gasteiger charge is -2.17. The van der Waals surface area contributed by atoms with Crippen LogP contribution in [0.2, 0.25) is 0 Å². The Hall–Kier alpha value is 0. The third-order valence-corrected chi connectivity index (χ3v) is 7.92. The van der Waals surface area contributed by atoms with Crippen molar-refractivity contribution >= 4 is 0 Å². The Morgan fingerprint density at radius 3 is 0.500 bits per heavy atom. The fourth-order valence-electron chi connectivity index (χ4n) is 5.94. The first kappa shape index (κ1) is 24.3. The van der Waals surface area contributed by atoms with Crippen LogP contribution in [0.3, 0.4) is 0 Å². The zero-order chi connectivity index (χ0) is 19.5. The molecule has 0 spiro atoms. The molecule has 0 heterocycles. The first-order chi connectivity index (χ1) is 13.9. The van der Waals surface area contributed by atoms with Gasteiger partial charge >= 0.3 is 0 Å². The largest absolute Gasteiger partial charge is 0.0533 e. The van der Waals surface area contributed by atoms with Gasteiger partial charge < -0.3 is 0 Å². The van der Waals surface area contributed by atoms with Gasteiger partial charge in [-0.1, -0.05) is 167 Å². The van der Waals surface area contributed by atoms with Gasteiger partial charge in [0, 0.05) is 0 Å². The predicted molar refractivity (Wildman–Crippen MR) is 127 cm³/mol. The molecular weight excluding hydrogens is 336 g/mol. The van der Waals surface area contributed by atoms with E-state index in [1.54, 1.807) is 38.5 Å². The molecule has 0 heteroatoms. The van der Waals surface area contributed by atoms with Crippen LogP contribution in [0.25, 0.3) is 0 Å². The number of hydrogen-bond acceptors (Lipinski definition) is 0. The summed E-state index contributed by atoms with van der Waals surface area (Å²) in [7, 11) is 0. The molecule has 2 saturated carbocycles. The van der Waals surface area contributed by atoms with E-state index < -0.39 is 0 Å². The van der Waals surface area contributed by atoms with Crippen LogP contribution in [0, 0.1) is 11.8 Å². The SMILES string of the molecule is C1CCCCCC2CCCCCCCCC(CCCCC1)CCCCCCC2. The van der Waals surface area contributed by atoms with Crippen LogP contribution in [-0.4, -0.2) is 0 Å². The van der Waals surface area contributed by atoms with E-state index in [0.717, 1.165) is 11.8 Å². The molecule has 2 unspecified atom stereocenters. The molecule has 2 fully saturated rings. The number of fused-ring (bicyclic) bond motifs is 8. The van der Waals surface area contributed by atoms with Crippen molar-refractivity contribution in [1.29, 1.82) is 0 Å². The van der Waals surface area contributed by atoms with E-state index in [1.165, 1.54) is 128 Å². The summed E-state index contributed by atoms with van der Waals surface area (Å²) in [6.07, 6.45) is 39.5. The summed E-state index contributed by atoms with van der Waals surface area (Å²) in [5, 5.41) is 0. The van der Waals surface area contributed by atoms with Crippen LogP contribution in [0.15, 0.2) is 0 Å². The van der Waals surface area contributed by atoms with Gasteiger partial charge in [0.1, 0.15) is 0 Å². The van der Waals surface area contributed by atoms with Crippen LogP contribution in [0.1, 0.15) is 167 Å². The molecule has 0 saturated heterocycles. The van der Waals surface area contributed by atoms with E-state index in [4.69, 9.17) is 0 Å². The highest BCUT2D eigenvalue weighted by molar-refractivity contribution is 4.65. The Labute approximate surface area is 179 Å². The normalized spacial score (nSPS) is 30.0. The second-order valence-electron chi connectivity index (χ2n) is 10.5. The molecule has 0 aromatic heterocycles. The summed E-state index contributed by atoms with van der Waals surface area (Å²) in [6, 6.07) is 0. The molecule has 2 bridgehead atoms. The summed E-state index contributed by atoms with van der Waals surface area (Å²) >= 11 is 0. The van der Waals surface area contributed by atoms with Crippen molar-refractivity contribution in [3.63, 3.8) is 0 Å².